The van der Waals surface area contributed by atoms with E-state index >= 15 is 0 Å². The highest BCUT2D eigenvalue weighted by molar-refractivity contribution is 8.15. The number of anilines is 1. The molecule has 0 bridgehead atoms. The Morgan fingerprint density at radius 2 is 2.04 bits per heavy atom. The first-order valence-electron chi connectivity index (χ1n) is 7.24. The van der Waals surface area contributed by atoms with Crippen LogP contribution in [0.4, 0.5) is 5.69 Å². The molecule has 5 nitrogen and oxygen atoms in total. The van der Waals surface area contributed by atoms with Crippen LogP contribution in [0.5, 0.6) is 0 Å². The molecule has 0 aliphatic carbocycles. The molecule has 1 N–H and O–H groups in total. The van der Waals surface area contributed by atoms with E-state index in [1.54, 1.807) is 18.2 Å². The summed E-state index contributed by atoms with van der Waals surface area (Å²) in [7, 11) is 0. The van der Waals surface area contributed by atoms with E-state index in [1.165, 1.54) is 11.8 Å². The van der Waals surface area contributed by atoms with E-state index < -0.39 is 5.25 Å². The Kier molecular flexibility index (Phi) is 6.33. The number of halogens is 2. The lowest BCUT2D eigenvalue weighted by Crippen LogP contribution is -2.27. The maximum atomic E-state index is 12.2. The van der Waals surface area contributed by atoms with Crippen LogP contribution in [0.15, 0.2) is 23.2 Å². The summed E-state index contributed by atoms with van der Waals surface area (Å²) in [6, 6.07) is 4.99. The van der Waals surface area contributed by atoms with E-state index in [9.17, 15) is 9.59 Å². The van der Waals surface area contributed by atoms with Crippen molar-refractivity contribution < 1.29 is 9.59 Å². The lowest BCUT2D eigenvalue weighted by Gasteiger charge is -2.19. The molecule has 0 saturated heterocycles. The number of hydrogen-bond acceptors (Lipinski definition) is 4. The van der Waals surface area contributed by atoms with Gasteiger partial charge in [-0.15, -0.1) is 0 Å². The predicted octanol–water partition coefficient (Wildman–Crippen LogP) is 3.66. The molecule has 1 heterocycles. The van der Waals surface area contributed by atoms with Crippen molar-refractivity contribution in [1.29, 1.82) is 0 Å². The molecule has 8 heteroatoms. The van der Waals surface area contributed by atoms with Gasteiger partial charge in [-0.2, -0.15) is 4.99 Å². The van der Waals surface area contributed by atoms with Crippen LogP contribution in [-0.2, 0) is 9.59 Å². The molecule has 0 saturated carbocycles. The monoisotopic (exact) mass is 373 g/mol. The maximum absolute atomic E-state index is 12.2. The summed E-state index contributed by atoms with van der Waals surface area (Å²) in [5.74, 6) is -0.569. The third kappa shape index (κ3) is 4.40. The molecular weight excluding hydrogens is 357 g/mol. The van der Waals surface area contributed by atoms with Crippen molar-refractivity contribution in [1.82, 2.24) is 4.90 Å². The molecule has 0 aromatic heterocycles. The van der Waals surface area contributed by atoms with Gasteiger partial charge in [-0.3, -0.25) is 9.59 Å². The summed E-state index contributed by atoms with van der Waals surface area (Å²) in [5.41, 5.74) is 0.435. The predicted molar refractivity (Wildman–Crippen MR) is 96.5 cm³/mol. The Labute approximate surface area is 149 Å². The van der Waals surface area contributed by atoms with Crippen LogP contribution in [0.25, 0.3) is 0 Å². The number of amidine groups is 1. The number of rotatable bonds is 5. The maximum Gasteiger partial charge on any atom is 0.262 e. The standard InChI is InChI=1S/C15H17Cl2N3O2S/c1-3-20(4-2)15-19-14(22)11(23-15)8-12(21)18-10-7-5-6-9(16)13(10)17/h5-7,11H,3-4,8H2,1-2H3,(H,18,21)/t11-/m1/s1. The van der Waals surface area contributed by atoms with E-state index in [2.05, 4.69) is 10.3 Å². The van der Waals surface area contributed by atoms with Gasteiger partial charge in [0.15, 0.2) is 5.17 Å². The summed E-state index contributed by atoms with van der Waals surface area (Å²) in [5, 5.41) is 3.52. The molecule has 1 aliphatic rings. The minimum atomic E-state index is -0.497. The average Bonchev–Trinajstić information content (AvgIpc) is 2.86. The zero-order valence-corrected chi connectivity index (χ0v) is 15.1. The minimum absolute atomic E-state index is 0.0423. The van der Waals surface area contributed by atoms with Crippen molar-refractivity contribution in [2.24, 2.45) is 4.99 Å². The molecule has 0 spiro atoms. The second-order valence-corrected chi connectivity index (χ2v) is 6.82. The number of nitrogens with one attached hydrogen (secondary N) is 1. The van der Waals surface area contributed by atoms with Gasteiger partial charge in [-0.05, 0) is 26.0 Å². The fraction of sp³-hybridized carbons (Fsp3) is 0.400. The Hall–Kier alpha value is -1.24. The molecule has 0 fully saturated rings. The van der Waals surface area contributed by atoms with Gasteiger partial charge in [0.05, 0.1) is 15.7 Å². The van der Waals surface area contributed by atoms with Crippen LogP contribution in [0, 0.1) is 0 Å². The Balaban J connectivity index is 1.97. The number of carbonyl (C=O) groups excluding carboxylic acids is 2. The highest BCUT2D eigenvalue weighted by atomic mass is 35.5. The smallest absolute Gasteiger partial charge is 0.262 e. The van der Waals surface area contributed by atoms with Crippen molar-refractivity contribution >= 4 is 57.6 Å². The van der Waals surface area contributed by atoms with Crippen molar-refractivity contribution in [3.05, 3.63) is 28.2 Å². The van der Waals surface area contributed by atoms with Crippen LogP contribution < -0.4 is 5.32 Å². The Bertz CT molecular complexity index is 648. The molecule has 1 aromatic carbocycles. The topological polar surface area (TPSA) is 61.8 Å². The summed E-state index contributed by atoms with van der Waals surface area (Å²) < 4.78 is 0. The van der Waals surface area contributed by atoms with E-state index in [1.807, 2.05) is 18.7 Å². The van der Waals surface area contributed by atoms with E-state index in [0.717, 1.165) is 13.1 Å². The minimum Gasteiger partial charge on any atom is -0.352 e. The first-order valence-corrected chi connectivity index (χ1v) is 8.87. The lowest BCUT2D eigenvalue weighted by atomic mass is 10.2. The number of nitrogens with zero attached hydrogens (tertiary/aromatic N) is 2. The number of hydrogen-bond donors (Lipinski definition) is 1. The SMILES string of the molecule is CCN(CC)C1=NC(=O)[C@@H](CC(=O)Nc2cccc(Cl)c2Cl)S1. The van der Waals surface area contributed by atoms with Gasteiger partial charge in [0.1, 0.15) is 5.25 Å². The zero-order chi connectivity index (χ0) is 17.0. The first-order chi connectivity index (χ1) is 11.0. The number of thioether (sulfide) groups is 1. The van der Waals surface area contributed by atoms with Gasteiger partial charge in [0.25, 0.3) is 5.91 Å². The molecule has 2 rings (SSSR count). The summed E-state index contributed by atoms with van der Waals surface area (Å²) in [6.07, 6.45) is 0.0423. The molecular formula is C15H17Cl2N3O2S. The van der Waals surface area contributed by atoms with Crippen molar-refractivity contribution in [2.45, 2.75) is 25.5 Å². The third-order valence-corrected chi connectivity index (χ3v) is 5.39. The highest BCUT2D eigenvalue weighted by Crippen LogP contribution is 2.31. The second-order valence-electron chi connectivity index (χ2n) is 4.87. The molecule has 0 radical (unpaired) electrons. The molecule has 1 aromatic rings. The second kappa shape index (κ2) is 8.04. The quantitative estimate of drug-likeness (QED) is 0.855. The van der Waals surface area contributed by atoms with Gasteiger partial charge >= 0.3 is 0 Å². The van der Waals surface area contributed by atoms with Crippen LogP contribution in [0.3, 0.4) is 0 Å². The molecule has 124 valence electrons. The number of benzene rings is 1. The normalized spacial score (nSPS) is 17.1. The van der Waals surface area contributed by atoms with E-state index in [0.29, 0.717) is 15.9 Å². The number of amides is 2. The van der Waals surface area contributed by atoms with Gasteiger partial charge in [-0.1, -0.05) is 41.0 Å². The van der Waals surface area contributed by atoms with Gasteiger partial charge in [0.2, 0.25) is 5.91 Å². The number of aliphatic imine (C=N–C) groups is 1. The molecule has 2 amide bonds. The fourth-order valence-corrected chi connectivity index (χ4v) is 3.65. The van der Waals surface area contributed by atoms with Gasteiger partial charge < -0.3 is 10.2 Å². The largest absolute Gasteiger partial charge is 0.352 e. The van der Waals surface area contributed by atoms with Crippen LogP contribution in [0.2, 0.25) is 10.0 Å². The molecule has 1 aliphatic heterocycles. The summed E-state index contributed by atoms with van der Waals surface area (Å²) >= 11 is 13.3. The first kappa shape index (κ1) is 18.1. The van der Waals surface area contributed by atoms with Crippen LogP contribution >= 0.6 is 35.0 Å². The lowest BCUT2D eigenvalue weighted by molar-refractivity contribution is -0.121. The van der Waals surface area contributed by atoms with E-state index in [4.69, 9.17) is 23.2 Å². The molecule has 23 heavy (non-hydrogen) atoms. The Morgan fingerprint density at radius 3 is 2.70 bits per heavy atom. The number of carbonyl (C=O) groups is 2. The average molecular weight is 374 g/mol. The van der Waals surface area contributed by atoms with Gasteiger partial charge in [0, 0.05) is 19.5 Å². The van der Waals surface area contributed by atoms with Crippen LogP contribution in [-0.4, -0.2) is 40.2 Å². The van der Waals surface area contributed by atoms with Crippen LogP contribution in [0.1, 0.15) is 20.3 Å². The molecule has 0 unspecified atom stereocenters. The third-order valence-electron chi connectivity index (χ3n) is 3.36. The van der Waals surface area contributed by atoms with Crippen molar-refractivity contribution in [3.8, 4) is 0 Å². The zero-order valence-electron chi connectivity index (χ0n) is 12.8. The van der Waals surface area contributed by atoms with Gasteiger partial charge in [-0.25, -0.2) is 0 Å². The van der Waals surface area contributed by atoms with Crippen molar-refractivity contribution in [2.75, 3.05) is 18.4 Å². The highest BCUT2D eigenvalue weighted by Gasteiger charge is 2.32. The Morgan fingerprint density at radius 1 is 1.35 bits per heavy atom. The fourth-order valence-electron chi connectivity index (χ4n) is 2.11. The van der Waals surface area contributed by atoms with E-state index in [-0.39, 0.29) is 23.3 Å². The van der Waals surface area contributed by atoms with Crippen molar-refractivity contribution in [3.63, 3.8) is 0 Å². The molecule has 1 atom stereocenters. The summed E-state index contributed by atoms with van der Waals surface area (Å²) in [4.78, 5) is 30.2. The summed E-state index contributed by atoms with van der Waals surface area (Å²) in [6.45, 7) is 5.54.